The van der Waals surface area contributed by atoms with Gasteiger partial charge in [0.05, 0.1) is 18.4 Å². The molecule has 1 unspecified atom stereocenters. The monoisotopic (exact) mass is 282 g/mol. The highest BCUT2D eigenvalue weighted by atomic mass is 16.5. The minimum atomic E-state index is -1.01. The lowest BCUT2D eigenvalue weighted by atomic mass is 10.1. The number of methoxy groups -OCH3 is 1. The van der Waals surface area contributed by atoms with Gasteiger partial charge in [-0.2, -0.15) is 5.10 Å². The van der Waals surface area contributed by atoms with Gasteiger partial charge in [-0.3, -0.25) is 4.79 Å². The van der Waals surface area contributed by atoms with Gasteiger partial charge >= 0.3 is 5.97 Å². The largest absolute Gasteiger partial charge is 0.481 e. The summed E-state index contributed by atoms with van der Waals surface area (Å²) in [4.78, 5) is 14.1. The summed E-state index contributed by atoms with van der Waals surface area (Å²) >= 11 is 0. The average molecular weight is 282 g/mol. The number of nitrogens with one attached hydrogen (secondary N) is 1. The third kappa shape index (κ3) is 3.62. The van der Waals surface area contributed by atoms with Crippen LogP contribution in [0, 0.1) is 6.92 Å². The van der Waals surface area contributed by atoms with Gasteiger partial charge in [-0.25, -0.2) is 4.68 Å². The van der Waals surface area contributed by atoms with E-state index in [0.29, 0.717) is 36.6 Å². The Morgan fingerprint density at radius 1 is 1.70 bits per heavy atom. The molecule has 0 saturated carbocycles. The quantitative estimate of drug-likeness (QED) is 0.320. The molecule has 9 heteroatoms. The third-order valence-corrected chi connectivity index (χ3v) is 2.79. The molecular weight excluding hydrogens is 264 g/mol. The molecule has 0 fully saturated rings. The summed E-state index contributed by atoms with van der Waals surface area (Å²) in [5, 5.41) is 19.8. The van der Waals surface area contributed by atoms with Crippen LogP contribution in [-0.4, -0.2) is 41.1 Å². The van der Waals surface area contributed by atoms with Crippen LogP contribution in [0.1, 0.15) is 23.7 Å². The summed E-state index contributed by atoms with van der Waals surface area (Å²) in [6.07, 6.45) is 0.551. The molecule has 1 aromatic rings. The van der Waals surface area contributed by atoms with Crippen LogP contribution in [0.15, 0.2) is 5.11 Å². The molecule has 0 bridgehead atoms. The Balaban J connectivity index is 2.86. The zero-order valence-corrected chi connectivity index (χ0v) is 11.7. The van der Waals surface area contributed by atoms with Crippen molar-refractivity contribution in [2.45, 2.75) is 19.4 Å². The van der Waals surface area contributed by atoms with E-state index in [-0.39, 0.29) is 0 Å². The van der Waals surface area contributed by atoms with Crippen LogP contribution in [0.3, 0.4) is 0 Å². The van der Waals surface area contributed by atoms with Gasteiger partial charge < -0.3 is 15.2 Å². The van der Waals surface area contributed by atoms with Crippen molar-refractivity contribution in [1.82, 2.24) is 15.1 Å². The molecule has 0 aliphatic carbocycles. The highest BCUT2D eigenvalue weighted by Gasteiger charge is 2.28. The number of carbonyl (C=O) groups is 1. The number of carboxylic acid groups (broad SMARTS) is 1. The van der Waals surface area contributed by atoms with Crippen molar-refractivity contribution in [3.8, 4) is 5.88 Å². The summed E-state index contributed by atoms with van der Waals surface area (Å²) in [5.41, 5.74) is 9.27. The summed E-state index contributed by atoms with van der Waals surface area (Å²) < 4.78 is 6.71. The van der Waals surface area contributed by atoms with E-state index in [4.69, 9.17) is 10.3 Å². The zero-order valence-electron chi connectivity index (χ0n) is 11.7. The van der Waals surface area contributed by atoms with E-state index in [1.807, 2.05) is 0 Å². The summed E-state index contributed by atoms with van der Waals surface area (Å²) in [5.74, 6) is -0.597. The number of aryl methyl sites for hydroxylation is 2. The van der Waals surface area contributed by atoms with Crippen molar-refractivity contribution < 1.29 is 14.6 Å². The van der Waals surface area contributed by atoms with E-state index in [9.17, 15) is 9.90 Å². The number of ether oxygens (including phenoxy) is 1. The van der Waals surface area contributed by atoms with E-state index < -0.39 is 12.0 Å². The first kappa shape index (κ1) is 15.8. The molecule has 0 aliphatic rings. The van der Waals surface area contributed by atoms with E-state index in [1.165, 1.54) is 11.8 Å². The van der Waals surface area contributed by atoms with Crippen molar-refractivity contribution in [2.24, 2.45) is 12.2 Å². The Labute approximate surface area is 116 Å². The first-order valence-electron chi connectivity index (χ1n) is 6.07. The fourth-order valence-corrected chi connectivity index (χ4v) is 1.98. The average Bonchev–Trinajstić information content (AvgIpc) is 2.67. The molecule has 0 amide bonds. The first-order valence-corrected chi connectivity index (χ1v) is 6.07. The summed E-state index contributed by atoms with van der Waals surface area (Å²) in [7, 11) is 3.16. The number of carboxylic acids is 1. The predicted molar refractivity (Wildman–Crippen MR) is 71.5 cm³/mol. The topological polar surface area (TPSA) is 125 Å². The van der Waals surface area contributed by atoms with Gasteiger partial charge in [0.25, 0.3) is 0 Å². The van der Waals surface area contributed by atoms with Gasteiger partial charge in [0.1, 0.15) is 6.04 Å². The number of azide groups is 1. The van der Waals surface area contributed by atoms with Gasteiger partial charge in [-0.05, 0) is 25.4 Å². The standard InChI is InChI=1S/C11H18N6O3/c1-7-8(10(20-3)17(2)15-7)9(11(18)19)13-5-4-6-14-16-12/h9,13H,4-6H2,1-3H3,(H,18,19). The maximum Gasteiger partial charge on any atom is 0.325 e. The Morgan fingerprint density at radius 2 is 2.40 bits per heavy atom. The molecule has 1 atom stereocenters. The minimum absolute atomic E-state index is 0.318. The van der Waals surface area contributed by atoms with Crippen LogP contribution in [0.25, 0.3) is 10.4 Å². The second-order valence-corrected chi connectivity index (χ2v) is 4.17. The highest BCUT2D eigenvalue weighted by molar-refractivity contribution is 5.77. The Hall–Kier alpha value is -2.25. The molecular formula is C11H18N6O3. The lowest BCUT2D eigenvalue weighted by Gasteiger charge is -2.15. The second-order valence-electron chi connectivity index (χ2n) is 4.17. The fourth-order valence-electron chi connectivity index (χ4n) is 1.98. The molecule has 0 radical (unpaired) electrons. The zero-order chi connectivity index (χ0) is 15.1. The Morgan fingerprint density at radius 3 is 2.95 bits per heavy atom. The van der Waals surface area contributed by atoms with Crippen molar-refractivity contribution in [2.75, 3.05) is 20.2 Å². The molecule has 1 heterocycles. The second kappa shape index (κ2) is 7.37. The van der Waals surface area contributed by atoms with Crippen LogP contribution in [0.4, 0.5) is 0 Å². The first-order chi connectivity index (χ1) is 9.52. The highest BCUT2D eigenvalue weighted by Crippen LogP contribution is 2.28. The molecule has 1 aromatic heterocycles. The van der Waals surface area contributed by atoms with Gasteiger partial charge in [-0.1, -0.05) is 5.11 Å². The van der Waals surface area contributed by atoms with Gasteiger partial charge in [0.2, 0.25) is 5.88 Å². The fraction of sp³-hybridized carbons (Fsp3) is 0.636. The lowest BCUT2D eigenvalue weighted by Crippen LogP contribution is -2.30. The van der Waals surface area contributed by atoms with Gasteiger partial charge in [0.15, 0.2) is 0 Å². The molecule has 110 valence electrons. The maximum atomic E-state index is 11.4. The van der Waals surface area contributed by atoms with E-state index in [1.54, 1.807) is 14.0 Å². The smallest absolute Gasteiger partial charge is 0.325 e. The van der Waals surface area contributed by atoms with Crippen LogP contribution < -0.4 is 10.1 Å². The normalized spacial score (nSPS) is 11.8. The minimum Gasteiger partial charge on any atom is -0.481 e. The van der Waals surface area contributed by atoms with Crippen LogP contribution in [0.2, 0.25) is 0 Å². The molecule has 0 aromatic carbocycles. The number of nitrogens with zero attached hydrogens (tertiary/aromatic N) is 5. The molecule has 0 aliphatic heterocycles. The lowest BCUT2D eigenvalue weighted by molar-refractivity contribution is -0.139. The maximum absolute atomic E-state index is 11.4. The predicted octanol–water partition coefficient (Wildman–Crippen LogP) is 1.15. The number of aliphatic carboxylic acids is 1. The van der Waals surface area contributed by atoms with E-state index in [0.717, 1.165) is 0 Å². The molecule has 2 N–H and O–H groups in total. The summed E-state index contributed by atoms with van der Waals surface area (Å²) in [6.45, 7) is 2.46. The molecule has 9 nitrogen and oxygen atoms in total. The van der Waals surface area contributed by atoms with Crippen molar-refractivity contribution in [1.29, 1.82) is 0 Å². The summed E-state index contributed by atoms with van der Waals surface area (Å²) in [6, 6.07) is -0.912. The molecule has 1 rings (SSSR count). The third-order valence-electron chi connectivity index (χ3n) is 2.79. The number of hydrogen-bond acceptors (Lipinski definition) is 5. The SMILES string of the molecule is COc1c(C(NCCCN=[N+]=[N-])C(=O)O)c(C)nn1C. The Bertz CT molecular complexity index is 520. The van der Waals surface area contributed by atoms with E-state index in [2.05, 4.69) is 20.4 Å². The number of aromatic nitrogens is 2. The van der Waals surface area contributed by atoms with Crippen molar-refractivity contribution in [3.05, 3.63) is 21.7 Å². The molecule has 0 saturated heterocycles. The molecule has 20 heavy (non-hydrogen) atoms. The molecule has 0 spiro atoms. The van der Waals surface area contributed by atoms with Crippen LogP contribution in [-0.2, 0) is 11.8 Å². The van der Waals surface area contributed by atoms with Crippen molar-refractivity contribution in [3.63, 3.8) is 0 Å². The number of hydrogen-bond donors (Lipinski definition) is 2. The Kier molecular flexibility index (Phi) is 5.82. The van der Waals surface area contributed by atoms with Crippen LogP contribution in [0.5, 0.6) is 5.88 Å². The van der Waals surface area contributed by atoms with Gasteiger partial charge in [-0.15, -0.1) is 0 Å². The van der Waals surface area contributed by atoms with Gasteiger partial charge in [0, 0.05) is 18.5 Å². The van der Waals surface area contributed by atoms with E-state index >= 15 is 0 Å². The number of rotatable bonds is 8. The van der Waals surface area contributed by atoms with Crippen LogP contribution >= 0.6 is 0 Å². The van der Waals surface area contributed by atoms with Crippen molar-refractivity contribution >= 4 is 5.97 Å².